The summed E-state index contributed by atoms with van der Waals surface area (Å²) in [6.07, 6.45) is -2.05. The van der Waals surface area contributed by atoms with Crippen LogP contribution in [0.3, 0.4) is 0 Å². The Morgan fingerprint density at radius 3 is 1.79 bits per heavy atom. The maximum Gasteiger partial charge on any atom is 0.315 e. The van der Waals surface area contributed by atoms with Crippen LogP contribution in [-0.4, -0.2) is 52.4 Å². The Kier molecular flexibility index (Phi) is 10.2. The molecule has 0 aliphatic heterocycles. The molecule has 0 aliphatic carbocycles. The molecule has 0 saturated carbocycles. The van der Waals surface area contributed by atoms with Gasteiger partial charge in [0.2, 0.25) is 5.75 Å². The Bertz CT molecular complexity index is 1520. The molecule has 0 amide bonds. The van der Waals surface area contributed by atoms with Gasteiger partial charge >= 0.3 is 5.69 Å². The number of carbonyl (C=O) groups is 1. The SMILES string of the molecule is COc1ccc(OC)c(C(=O)[C@H](Cc2c(OC)c(OC)cc([N+](=O)[O-])c2OC)OC(c2ccccc2)c2ccccc2)c1. The molecule has 43 heavy (non-hydrogen) atoms. The third kappa shape index (κ3) is 6.70. The van der Waals surface area contributed by atoms with Gasteiger partial charge in [-0.3, -0.25) is 14.9 Å². The van der Waals surface area contributed by atoms with Crippen molar-refractivity contribution < 1.29 is 38.1 Å². The molecule has 0 aromatic heterocycles. The van der Waals surface area contributed by atoms with Crippen molar-refractivity contribution in [3.8, 4) is 28.7 Å². The van der Waals surface area contributed by atoms with Crippen molar-refractivity contribution in [3.63, 3.8) is 0 Å². The van der Waals surface area contributed by atoms with E-state index in [-0.39, 0.29) is 40.5 Å². The summed E-state index contributed by atoms with van der Waals surface area (Å²) in [7, 11) is 7.06. The zero-order chi connectivity index (χ0) is 30.9. The van der Waals surface area contributed by atoms with Crippen molar-refractivity contribution in [3.05, 3.63) is 117 Å². The number of nitrogens with zero attached hydrogens (tertiary/aromatic N) is 1. The number of nitro groups is 1. The smallest absolute Gasteiger partial charge is 0.315 e. The number of ketones is 1. The fourth-order valence-electron chi connectivity index (χ4n) is 4.92. The quantitative estimate of drug-likeness (QED) is 0.0960. The molecule has 10 nitrogen and oxygen atoms in total. The monoisotopic (exact) mass is 587 g/mol. The number of nitro benzene ring substituents is 1. The summed E-state index contributed by atoms with van der Waals surface area (Å²) in [4.78, 5) is 25.9. The van der Waals surface area contributed by atoms with Gasteiger partial charge in [0.15, 0.2) is 17.3 Å². The van der Waals surface area contributed by atoms with Gasteiger partial charge in [-0.2, -0.15) is 0 Å². The molecule has 0 saturated heterocycles. The van der Waals surface area contributed by atoms with Crippen LogP contribution in [0, 0.1) is 10.1 Å². The summed E-state index contributed by atoms with van der Waals surface area (Å²) in [5.41, 5.74) is 1.71. The fourth-order valence-corrected chi connectivity index (χ4v) is 4.92. The van der Waals surface area contributed by atoms with Crippen LogP contribution in [0.5, 0.6) is 28.7 Å². The van der Waals surface area contributed by atoms with Gasteiger partial charge < -0.3 is 28.4 Å². The third-order valence-electron chi connectivity index (χ3n) is 6.96. The van der Waals surface area contributed by atoms with Gasteiger partial charge in [0.05, 0.1) is 57.7 Å². The average molecular weight is 588 g/mol. The van der Waals surface area contributed by atoms with E-state index in [0.29, 0.717) is 11.5 Å². The number of Topliss-reactive ketones (excluding diaryl/α,β-unsaturated/α-hetero) is 1. The zero-order valence-electron chi connectivity index (χ0n) is 24.6. The first-order valence-corrected chi connectivity index (χ1v) is 13.3. The topological polar surface area (TPSA) is 116 Å². The Morgan fingerprint density at radius 2 is 1.30 bits per heavy atom. The van der Waals surface area contributed by atoms with E-state index in [1.807, 2.05) is 60.7 Å². The molecule has 4 aromatic rings. The number of rotatable bonds is 14. The maximum atomic E-state index is 14.5. The fraction of sp³-hybridized carbons (Fsp3) is 0.242. The van der Waals surface area contributed by atoms with E-state index in [4.69, 9.17) is 28.4 Å². The van der Waals surface area contributed by atoms with Crippen molar-refractivity contribution >= 4 is 11.5 Å². The van der Waals surface area contributed by atoms with Crippen LogP contribution < -0.4 is 23.7 Å². The summed E-state index contributed by atoms with van der Waals surface area (Å²) >= 11 is 0. The molecule has 0 radical (unpaired) electrons. The highest BCUT2D eigenvalue weighted by Gasteiger charge is 2.34. The molecule has 0 N–H and O–H groups in total. The maximum absolute atomic E-state index is 14.5. The summed E-state index contributed by atoms with van der Waals surface area (Å²) in [6, 6.07) is 25.0. The molecule has 0 aliphatic rings. The number of hydrogen-bond acceptors (Lipinski definition) is 9. The average Bonchev–Trinajstić information content (AvgIpc) is 3.05. The van der Waals surface area contributed by atoms with Crippen LogP contribution in [0.25, 0.3) is 0 Å². The number of methoxy groups -OCH3 is 5. The summed E-state index contributed by atoms with van der Waals surface area (Å²) in [6.45, 7) is 0. The number of benzene rings is 4. The van der Waals surface area contributed by atoms with Crippen LogP contribution in [0.4, 0.5) is 5.69 Å². The predicted octanol–water partition coefficient (Wildman–Crippen LogP) is 6.24. The van der Waals surface area contributed by atoms with Gasteiger partial charge in [-0.1, -0.05) is 60.7 Å². The van der Waals surface area contributed by atoms with Crippen LogP contribution in [0.1, 0.15) is 33.2 Å². The Balaban J connectivity index is 1.94. The van der Waals surface area contributed by atoms with Gasteiger partial charge in [0, 0.05) is 6.42 Å². The minimum atomic E-state index is -1.21. The van der Waals surface area contributed by atoms with Gasteiger partial charge in [-0.25, -0.2) is 0 Å². The minimum Gasteiger partial charge on any atom is -0.497 e. The van der Waals surface area contributed by atoms with Crippen molar-refractivity contribution in [2.75, 3.05) is 35.5 Å². The molecule has 1 atom stereocenters. The molecule has 0 fully saturated rings. The highest BCUT2D eigenvalue weighted by Crippen LogP contribution is 2.45. The lowest BCUT2D eigenvalue weighted by Crippen LogP contribution is -2.30. The van der Waals surface area contributed by atoms with E-state index >= 15 is 0 Å². The molecular weight excluding hydrogens is 554 g/mol. The summed E-state index contributed by atoms with van der Waals surface area (Å²) < 4.78 is 34.2. The Hall–Kier alpha value is -5.09. The van der Waals surface area contributed by atoms with E-state index in [1.165, 1.54) is 41.6 Å². The van der Waals surface area contributed by atoms with E-state index in [2.05, 4.69) is 0 Å². The lowest BCUT2D eigenvalue weighted by atomic mass is 9.95. The van der Waals surface area contributed by atoms with E-state index in [1.54, 1.807) is 18.2 Å². The molecule has 10 heteroatoms. The zero-order valence-corrected chi connectivity index (χ0v) is 24.6. The van der Waals surface area contributed by atoms with E-state index < -0.39 is 22.9 Å². The number of carbonyl (C=O) groups excluding carboxylic acids is 1. The molecule has 4 rings (SSSR count). The first kappa shape index (κ1) is 30.9. The second-order valence-corrected chi connectivity index (χ2v) is 9.36. The lowest BCUT2D eigenvalue weighted by molar-refractivity contribution is -0.385. The first-order chi connectivity index (χ1) is 20.9. The van der Waals surface area contributed by atoms with Crippen molar-refractivity contribution in [1.82, 2.24) is 0 Å². The van der Waals surface area contributed by atoms with E-state index in [0.717, 1.165) is 11.1 Å². The third-order valence-corrected chi connectivity index (χ3v) is 6.96. The molecule has 0 bridgehead atoms. The predicted molar refractivity (Wildman–Crippen MR) is 160 cm³/mol. The summed E-state index contributed by atoms with van der Waals surface area (Å²) in [5, 5.41) is 12.0. The molecule has 224 valence electrons. The van der Waals surface area contributed by atoms with Crippen LogP contribution in [-0.2, 0) is 11.2 Å². The highest BCUT2D eigenvalue weighted by molar-refractivity contribution is 6.02. The molecule has 0 spiro atoms. The first-order valence-electron chi connectivity index (χ1n) is 13.3. The van der Waals surface area contributed by atoms with Gasteiger partial charge in [-0.05, 0) is 29.3 Å². The van der Waals surface area contributed by atoms with Crippen LogP contribution in [0.2, 0.25) is 0 Å². The normalized spacial score (nSPS) is 11.5. The summed E-state index contributed by atoms with van der Waals surface area (Å²) in [5.74, 6) is 0.529. The van der Waals surface area contributed by atoms with Crippen LogP contribution in [0.15, 0.2) is 84.9 Å². The largest absolute Gasteiger partial charge is 0.497 e. The Labute approximate surface area is 249 Å². The van der Waals surface area contributed by atoms with E-state index in [9.17, 15) is 14.9 Å². The standard InChI is InChI=1S/C33H33NO9/c1-38-23-16-17-27(39-2)24(18-23)30(35)28(43-31(21-12-8-6-9-13-21)22-14-10-7-11-15-22)19-25-32(41-4)26(34(36)37)20-29(40-3)33(25)42-5/h6-18,20,28,31H,19H2,1-5H3/t28-/m0/s1. The number of hydrogen-bond donors (Lipinski definition) is 0. The van der Waals surface area contributed by atoms with Gasteiger partial charge in [0.25, 0.3) is 0 Å². The van der Waals surface area contributed by atoms with Gasteiger partial charge in [-0.15, -0.1) is 0 Å². The second-order valence-electron chi connectivity index (χ2n) is 9.36. The highest BCUT2D eigenvalue weighted by atomic mass is 16.6. The molecule has 4 aromatic carbocycles. The molecule has 0 heterocycles. The van der Waals surface area contributed by atoms with Crippen molar-refractivity contribution in [2.24, 2.45) is 0 Å². The minimum absolute atomic E-state index is 0.0716. The van der Waals surface area contributed by atoms with Crippen molar-refractivity contribution in [1.29, 1.82) is 0 Å². The Morgan fingerprint density at radius 1 is 0.721 bits per heavy atom. The number of ether oxygens (including phenoxy) is 6. The molecule has 0 unspecified atom stereocenters. The lowest BCUT2D eigenvalue weighted by Gasteiger charge is -2.27. The van der Waals surface area contributed by atoms with Gasteiger partial charge in [0.1, 0.15) is 23.7 Å². The van der Waals surface area contributed by atoms with Crippen LogP contribution >= 0.6 is 0 Å². The van der Waals surface area contributed by atoms with Crippen molar-refractivity contribution in [2.45, 2.75) is 18.6 Å². The second kappa shape index (κ2) is 14.2. The molecular formula is C33H33NO9.